The molecular formula is C22H36F5N3O5S. The average Bonchev–Trinajstić information content (AvgIpc) is 2.82. The molecule has 0 aliphatic carbocycles. The van der Waals surface area contributed by atoms with Crippen LogP contribution in [0.15, 0.2) is 18.3 Å². The van der Waals surface area contributed by atoms with Crippen LogP contribution in [-0.4, -0.2) is 82.2 Å². The van der Waals surface area contributed by atoms with Crippen molar-refractivity contribution in [1.29, 1.82) is 0 Å². The molecule has 210 valence electrons. The minimum absolute atomic E-state index is 0.0573. The molecule has 2 heterocycles. The summed E-state index contributed by atoms with van der Waals surface area (Å²) in [5.41, 5.74) is 6.25. The fraction of sp³-hybridized carbons (Fsp3) is 0.727. The molecule has 4 N–H and O–H groups in total. The molecular weight excluding hydrogens is 513 g/mol. The number of carbonyl (C=O) groups is 1. The van der Waals surface area contributed by atoms with E-state index in [1.54, 1.807) is 13.2 Å². The quantitative estimate of drug-likeness (QED) is 0.345. The molecule has 36 heavy (non-hydrogen) atoms. The van der Waals surface area contributed by atoms with Crippen molar-refractivity contribution in [3.8, 4) is 0 Å². The van der Waals surface area contributed by atoms with Crippen LogP contribution in [0.3, 0.4) is 0 Å². The molecule has 0 bridgehead atoms. The van der Waals surface area contributed by atoms with E-state index in [-0.39, 0.29) is 37.6 Å². The number of methoxy groups -OCH3 is 2. The third-order valence-corrected chi connectivity index (χ3v) is 8.17. The van der Waals surface area contributed by atoms with Crippen molar-refractivity contribution >= 4 is 16.7 Å². The Labute approximate surface area is 209 Å². The van der Waals surface area contributed by atoms with Gasteiger partial charge in [-0.1, -0.05) is 6.07 Å². The van der Waals surface area contributed by atoms with Crippen LogP contribution in [-0.2, 0) is 20.7 Å². The van der Waals surface area contributed by atoms with Gasteiger partial charge in [-0.25, -0.2) is 4.31 Å². The highest BCUT2D eigenvalue weighted by atomic mass is 32.3. The number of alkyl halides is 5. The normalized spacial score (nSPS) is 17.3. The van der Waals surface area contributed by atoms with Crippen molar-refractivity contribution < 1.29 is 45.3 Å². The van der Waals surface area contributed by atoms with Gasteiger partial charge in [0.25, 0.3) is 0 Å². The fourth-order valence-electron chi connectivity index (χ4n) is 3.55. The van der Waals surface area contributed by atoms with Gasteiger partial charge in [-0.2, -0.15) is 22.0 Å². The van der Waals surface area contributed by atoms with E-state index in [0.717, 1.165) is 6.61 Å². The van der Waals surface area contributed by atoms with Crippen molar-refractivity contribution in [3.63, 3.8) is 0 Å². The largest absolute Gasteiger partial charge is 0.453 e. The zero-order valence-corrected chi connectivity index (χ0v) is 21.5. The van der Waals surface area contributed by atoms with Gasteiger partial charge in [0.1, 0.15) is 5.25 Å². The summed E-state index contributed by atoms with van der Waals surface area (Å²) in [6.45, 7) is 3.46. The van der Waals surface area contributed by atoms with Gasteiger partial charge in [-0.3, -0.25) is 18.9 Å². The number of rotatable bonds is 11. The van der Waals surface area contributed by atoms with Crippen molar-refractivity contribution in [3.05, 3.63) is 29.6 Å². The highest BCUT2D eigenvalue weighted by molar-refractivity contribution is 8.23. The Morgan fingerprint density at radius 2 is 1.78 bits per heavy atom. The number of hydrogen-bond acceptors (Lipinski definition) is 7. The Bertz CT molecular complexity index is 789. The lowest BCUT2D eigenvalue weighted by Gasteiger charge is -2.49. The maximum atomic E-state index is 13.1. The van der Waals surface area contributed by atoms with Crippen molar-refractivity contribution in [1.82, 2.24) is 9.29 Å². The van der Waals surface area contributed by atoms with Gasteiger partial charge in [0.15, 0.2) is 0 Å². The molecule has 1 amide bonds. The third-order valence-electron chi connectivity index (χ3n) is 5.81. The van der Waals surface area contributed by atoms with Gasteiger partial charge >= 0.3 is 12.1 Å². The van der Waals surface area contributed by atoms with E-state index < -0.39 is 46.9 Å². The number of piperidine rings is 1. The van der Waals surface area contributed by atoms with Crippen LogP contribution in [0.25, 0.3) is 0 Å². The second kappa shape index (κ2) is 14.4. The Morgan fingerprint density at radius 3 is 2.19 bits per heavy atom. The van der Waals surface area contributed by atoms with Gasteiger partial charge in [0.05, 0.1) is 0 Å². The number of nitrogens with two attached hydrogens (primary N) is 1. The summed E-state index contributed by atoms with van der Waals surface area (Å²) in [6, 6.07) is 3.06. The minimum Gasteiger partial charge on any atom is -0.385 e. The zero-order chi connectivity index (χ0) is 27.6. The van der Waals surface area contributed by atoms with E-state index in [4.69, 9.17) is 10.5 Å². The van der Waals surface area contributed by atoms with Crippen LogP contribution >= 0.6 is 10.8 Å². The first kappa shape index (κ1) is 32.4. The predicted molar refractivity (Wildman–Crippen MR) is 127 cm³/mol. The van der Waals surface area contributed by atoms with Crippen LogP contribution in [0.5, 0.6) is 0 Å². The Hall–Kier alpha value is -1.58. The molecule has 1 atom stereocenters. The van der Waals surface area contributed by atoms with E-state index in [9.17, 15) is 35.9 Å². The second-order valence-corrected chi connectivity index (χ2v) is 10.5. The summed E-state index contributed by atoms with van der Waals surface area (Å²) in [7, 11) is -0.339. The minimum atomic E-state index is -5.58. The average molecular weight is 550 g/mol. The van der Waals surface area contributed by atoms with Gasteiger partial charge in [-0.15, -0.1) is 10.8 Å². The lowest BCUT2D eigenvalue weighted by Crippen LogP contribution is -2.45. The summed E-state index contributed by atoms with van der Waals surface area (Å²) in [6.07, 6.45) is -5.05. The molecule has 0 spiro atoms. The Kier molecular flexibility index (Phi) is 13.0. The number of aromatic nitrogens is 1. The summed E-state index contributed by atoms with van der Waals surface area (Å²) >= 11 is 0. The first-order valence-electron chi connectivity index (χ1n) is 11.4. The molecule has 1 aromatic rings. The van der Waals surface area contributed by atoms with E-state index in [2.05, 4.69) is 9.72 Å². The van der Waals surface area contributed by atoms with Crippen LogP contribution in [0.1, 0.15) is 49.8 Å². The molecule has 1 unspecified atom stereocenters. The van der Waals surface area contributed by atoms with E-state index >= 15 is 0 Å². The van der Waals surface area contributed by atoms with Crippen LogP contribution in [0.2, 0.25) is 0 Å². The van der Waals surface area contributed by atoms with Crippen molar-refractivity contribution in [2.24, 2.45) is 5.73 Å². The number of halogens is 5. The number of pyridine rings is 1. The molecule has 1 fully saturated rings. The fourth-order valence-corrected chi connectivity index (χ4v) is 5.38. The number of ether oxygens (including phenoxy) is 2. The lowest BCUT2D eigenvalue weighted by atomic mass is 9.93. The number of aryl methyl sites for hydroxylation is 1. The summed E-state index contributed by atoms with van der Waals surface area (Å²) in [4.78, 5) is 15.9. The monoisotopic (exact) mass is 549 g/mol. The third kappa shape index (κ3) is 9.38. The van der Waals surface area contributed by atoms with Gasteiger partial charge in [-0.05, 0) is 37.8 Å². The van der Waals surface area contributed by atoms with Gasteiger partial charge in [0, 0.05) is 71.2 Å². The molecule has 1 aliphatic heterocycles. The highest BCUT2D eigenvalue weighted by Gasteiger charge is 2.56. The molecule has 0 saturated carbocycles. The molecule has 1 aliphatic rings. The summed E-state index contributed by atoms with van der Waals surface area (Å²) < 4.78 is 95.1. The molecule has 0 radical (unpaired) electrons. The molecule has 14 heteroatoms. The summed E-state index contributed by atoms with van der Waals surface area (Å²) in [5.74, 6) is -5.64. The van der Waals surface area contributed by atoms with Crippen LogP contribution < -0.4 is 5.73 Å². The van der Waals surface area contributed by atoms with Crippen molar-refractivity contribution in [2.75, 3.05) is 40.5 Å². The maximum Gasteiger partial charge on any atom is 0.453 e. The number of nitrogens with zero attached hydrogens (tertiary/aromatic N) is 2. The summed E-state index contributed by atoms with van der Waals surface area (Å²) in [5, 5.41) is -1.16. The highest BCUT2D eigenvalue weighted by Crippen LogP contribution is 2.51. The Morgan fingerprint density at radius 1 is 1.19 bits per heavy atom. The molecule has 0 aromatic carbocycles. The topological polar surface area (TPSA) is 118 Å². The first-order valence-corrected chi connectivity index (χ1v) is 13.0. The first-order chi connectivity index (χ1) is 16.7. The van der Waals surface area contributed by atoms with Gasteiger partial charge < -0.3 is 15.2 Å². The predicted octanol–water partition coefficient (Wildman–Crippen LogP) is 4.60. The zero-order valence-electron chi connectivity index (χ0n) is 20.6. The lowest BCUT2D eigenvalue weighted by molar-refractivity contribution is -0.284. The van der Waals surface area contributed by atoms with E-state index in [1.807, 2.05) is 6.92 Å². The van der Waals surface area contributed by atoms with Gasteiger partial charge in [0.2, 0.25) is 5.91 Å². The molecule has 1 aromatic heterocycles. The Balaban J connectivity index is 0.00000150. The molecule has 8 nitrogen and oxygen atoms in total. The number of carbonyl (C=O) groups excluding carboxylic acids is 1. The van der Waals surface area contributed by atoms with Crippen LogP contribution in [0.4, 0.5) is 22.0 Å². The number of amides is 1. The number of primary amides is 1. The smallest absolute Gasteiger partial charge is 0.385 e. The SMILES string of the molecule is CCOC.COCCC(C(N)=O)S(O)(O)N1CCC(c2ccc(CCC(F)(F)C(F)(F)F)cn2)CC1. The second-order valence-electron chi connectivity index (χ2n) is 8.31. The van der Waals surface area contributed by atoms with Crippen LogP contribution in [0, 0.1) is 0 Å². The van der Waals surface area contributed by atoms with E-state index in [0.29, 0.717) is 18.5 Å². The number of hydrogen-bond donors (Lipinski definition) is 3. The van der Waals surface area contributed by atoms with E-state index in [1.165, 1.54) is 23.7 Å². The van der Waals surface area contributed by atoms with Crippen molar-refractivity contribution in [2.45, 2.75) is 62.3 Å². The maximum absolute atomic E-state index is 13.1. The molecule has 1 saturated heterocycles. The standard InChI is InChI=1S/C19H28F5N3O4S.C3H8O/c1-31-11-7-16(17(25)28)32(29,30)27-9-5-14(6-10-27)15-3-2-13(12-26-15)4-8-18(20,21)19(22,23)24;1-3-4-2/h2-3,12,14,16,29-30H,4-11H2,1H3,(H2,25,28);3H2,1-2H3. The molecule has 2 rings (SSSR count).